The second-order valence-corrected chi connectivity index (χ2v) is 11.1. The Balaban J connectivity index is 2.43. The van der Waals surface area contributed by atoms with E-state index >= 15 is 0 Å². The minimum atomic E-state index is -3.83. The van der Waals surface area contributed by atoms with Crippen LogP contribution in [0.25, 0.3) is 0 Å². The molecular formula is C24H31Cl2N3O4S. The molecule has 0 aromatic heterocycles. The Morgan fingerprint density at radius 3 is 2.29 bits per heavy atom. The Bertz CT molecular complexity index is 1140. The van der Waals surface area contributed by atoms with Gasteiger partial charge in [0, 0.05) is 22.6 Å². The van der Waals surface area contributed by atoms with Crippen LogP contribution in [0.2, 0.25) is 10.0 Å². The predicted octanol–water partition coefficient (Wildman–Crippen LogP) is 4.40. The maximum Gasteiger partial charge on any atom is 0.244 e. The van der Waals surface area contributed by atoms with Gasteiger partial charge in [-0.05, 0) is 62.6 Å². The van der Waals surface area contributed by atoms with Crippen molar-refractivity contribution in [2.24, 2.45) is 0 Å². The first-order valence-corrected chi connectivity index (χ1v) is 13.5. The zero-order chi connectivity index (χ0) is 25.6. The summed E-state index contributed by atoms with van der Waals surface area (Å²) >= 11 is 12.2. The van der Waals surface area contributed by atoms with E-state index in [4.69, 9.17) is 23.2 Å². The fourth-order valence-corrected chi connectivity index (χ4v) is 4.60. The van der Waals surface area contributed by atoms with Gasteiger partial charge in [-0.25, -0.2) is 8.42 Å². The highest BCUT2D eigenvalue weighted by Gasteiger charge is 2.31. The van der Waals surface area contributed by atoms with Crippen molar-refractivity contribution in [2.45, 2.75) is 52.7 Å². The third kappa shape index (κ3) is 7.61. The molecule has 10 heteroatoms. The number of hydrogen-bond acceptors (Lipinski definition) is 4. The molecule has 2 aromatic rings. The Morgan fingerprint density at radius 1 is 1.06 bits per heavy atom. The Labute approximate surface area is 212 Å². The van der Waals surface area contributed by atoms with E-state index in [1.165, 1.54) is 11.0 Å². The Hall–Kier alpha value is -2.29. The maximum absolute atomic E-state index is 13.5. The number of nitrogens with one attached hydrogen (secondary N) is 1. The molecule has 0 aliphatic rings. The molecule has 0 aliphatic heterocycles. The summed E-state index contributed by atoms with van der Waals surface area (Å²) in [5.74, 6) is -0.855. The van der Waals surface area contributed by atoms with Gasteiger partial charge < -0.3 is 10.2 Å². The molecule has 0 bridgehead atoms. The van der Waals surface area contributed by atoms with Crippen LogP contribution in [0.15, 0.2) is 42.5 Å². The second-order valence-electron chi connectivity index (χ2n) is 8.35. The van der Waals surface area contributed by atoms with Crippen molar-refractivity contribution in [1.29, 1.82) is 0 Å². The van der Waals surface area contributed by atoms with E-state index < -0.39 is 28.5 Å². The summed E-state index contributed by atoms with van der Waals surface area (Å²) in [5.41, 5.74) is 1.67. The minimum absolute atomic E-state index is 0.0697. The third-order valence-corrected chi connectivity index (χ3v) is 7.13. The zero-order valence-electron chi connectivity index (χ0n) is 20.0. The van der Waals surface area contributed by atoms with Crippen molar-refractivity contribution in [3.05, 3.63) is 63.6 Å². The lowest BCUT2D eigenvalue weighted by molar-refractivity contribution is -0.139. The largest absolute Gasteiger partial charge is 0.352 e. The van der Waals surface area contributed by atoms with Crippen molar-refractivity contribution in [3.63, 3.8) is 0 Å². The van der Waals surface area contributed by atoms with Crippen LogP contribution in [0, 0.1) is 6.92 Å². The summed E-state index contributed by atoms with van der Waals surface area (Å²) in [5, 5.41) is 3.73. The normalized spacial score (nSPS) is 13.1. The first-order chi connectivity index (χ1) is 15.8. The molecule has 2 aromatic carbocycles. The summed E-state index contributed by atoms with van der Waals surface area (Å²) in [6.45, 7) is 6.78. The summed E-state index contributed by atoms with van der Waals surface area (Å²) in [6.07, 6.45) is 1.76. The number of halogens is 2. The van der Waals surface area contributed by atoms with E-state index in [2.05, 4.69) is 5.32 Å². The van der Waals surface area contributed by atoms with Gasteiger partial charge in [0.05, 0.1) is 11.9 Å². The fraction of sp³-hybridized carbons (Fsp3) is 0.417. The van der Waals surface area contributed by atoms with Gasteiger partial charge in [0.25, 0.3) is 0 Å². The molecule has 1 N–H and O–H groups in total. The SMILES string of the molecule is CCC(C)NC(=O)C(C)N(Cc1cccc(Cl)c1)C(=O)CN(c1cc(Cl)ccc1C)S(C)(=O)=O. The van der Waals surface area contributed by atoms with E-state index in [0.29, 0.717) is 26.9 Å². The number of aryl methyl sites for hydroxylation is 1. The highest BCUT2D eigenvalue weighted by atomic mass is 35.5. The van der Waals surface area contributed by atoms with E-state index in [9.17, 15) is 18.0 Å². The number of carbonyl (C=O) groups is 2. The first-order valence-electron chi connectivity index (χ1n) is 10.9. The topological polar surface area (TPSA) is 86.8 Å². The number of anilines is 1. The van der Waals surface area contributed by atoms with E-state index in [1.807, 2.05) is 13.8 Å². The molecule has 2 rings (SSSR count). The van der Waals surface area contributed by atoms with Crippen LogP contribution in [0.5, 0.6) is 0 Å². The first kappa shape index (κ1) is 28.0. The lowest BCUT2D eigenvalue weighted by atomic mass is 10.1. The average Bonchev–Trinajstić information content (AvgIpc) is 2.76. The zero-order valence-corrected chi connectivity index (χ0v) is 22.3. The van der Waals surface area contributed by atoms with Crippen LogP contribution in [0.4, 0.5) is 5.69 Å². The molecule has 0 saturated heterocycles. The van der Waals surface area contributed by atoms with Crippen LogP contribution in [-0.2, 0) is 26.2 Å². The predicted molar refractivity (Wildman–Crippen MR) is 138 cm³/mol. The van der Waals surface area contributed by atoms with E-state index in [-0.39, 0.29) is 18.5 Å². The molecule has 0 heterocycles. The summed E-state index contributed by atoms with van der Waals surface area (Å²) in [7, 11) is -3.83. The molecule has 0 saturated carbocycles. The van der Waals surface area contributed by atoms with Crippen LogP contribution < -0.4 is 9.62 Å². The van der Waals surface area contributed by atoms with Gasteiger partial charge in [-0.3, -0.25) is 13.9 Å². The molecule has 2 atom stereocenters. The quantitative estimate of drug-likeness (QED) is 0.495. The maximum atomic E-state index is 13.5. The number of hydrogen-bond donors (Lipinski definition) is 1. The molecule has 0 radical (unpaired) electrons. The number of sulfonamides is 1. The van der Waals surface area contributed by atoms with Gasteiger partial charge in [-0.2, -0.15) is 0 Å². The Kier molecular flexibility index (Phi) is 9.79. The van der Waals surface area contributed by atoms with Gasteiger partial charge in [0.1, 0.15) is 12.6 Å². The molecule has 2 unspecified atom stereocenters. The van der Waals surface area contributed by atoms with Crippen molar-refractivity contribution in [3.8, 4) is 0 Å². The summed E-state index contributed by atoms with van der Waals surface area (Å²) < 4.78 is 26.3. The van der Waals surface area contributed by atoms with Crippen LogP contribution in [0.1, 0.15) is 38.3 Å². The molecular weight excluding hydrogens is 497 g/mol. The molecule has 2 amide bonds. The lowest BCUT2D eigenvalue weighted by Gasteiger charge is -2.32. The van der Waals surface area contributed by atoms with Crippen molar-refractivity contribution < 1.29 is 18.0 Å². The fourth-order valence-electron chi connectivity index (χ4n) is 3.33. The van der Waals surface area contributed by atoms with Gasteiger partial charge >= 0.3 is 0 Å². The molecule has 34 heavy (non-hydrogen) atoms. The van der Waals surface area contributed by atoms with Gasteiger partial charge in [-0.1, -0.05) is 48.3 Å². The monoisotopic (exact) mass is 527 g/mol. The van der Waals surface area contributed by atoms with Crippen LogP contribution in [0.3, 0.4) is 0 Å². The smallest absolute Gasteiger partial charge is 0.244 e. The van der Waals surface area contributed by atoms with E-state index in [1.54, 1.807) is 50.2 Å². The van der Waals surface area contributed by atoms with Gasteiger partial charge in [-0.15, -0.1) is 0 Å². The number of benzene rings is 2. The van der Waals surface area contributed by atoms with Crippen molar-refractivity contribution in [2.75, 3.05) is 17.1 Å². The molecule has 0 aliphatic carbocycles. The molecule has 0 fully saturated rings. The molecule has 7 nitrogen and oxygen atoms in total. The average molecular weight is 529 g/mol. The van der Waals surface area contributed by atoms with Gasteiger partial charge in [0.2, 0.25) is 21.8 Å². The van der Waals surface area contributed by atoms with Gasteiger partial charge in [0.15, 0.2) is 0 Å². The number of rotatable bonds is 10. The molecule has 186 valence electrons. The number of nitrogens with zero attached hydrogens (tertiary/aromatic N) is 2. The summed E-state index contributed by atoms with van der Waals surface area (Å²) in [4.78, 5) is 27.8. The standard InChI is InChI=1S/C24H31Cl2N3O4S/c1-6-17(3)27-24(31)18(4)28(14-19-8-7-9-20(25)12-19)23(30)15-29(34(5,32)33)22-13-21(26)11-10-16(22)2/h7-13,17-18H,6,14-15H2,1-5H3,(H,27,31). The van der Waals surface area contributed by atoms with E-state index in [0.717, 1.165) is 17.0 Å². The second kappa shape index (κ2) is 11.9. The number of amides is 2. The lowest BCUT2D eigenvalue weighted by Crippen LogP contribution is -2.52. The minimum Gasteiger partial charge on any atom is -0.352 e. The van der Waals surface area contributed by atoms with Crippen LogP contribution in [-0.4, -0.2) is 50.0 Å². The van der Waals surface area contributed by atoms with Crippen molar-refractivity contribution in [1.82, 2.24) is 10.2 Å². The highest BCUT2D eigenvalue weighted by molar-refractivity contribution is 7.92. The highest BCUT2D eigenvalue weighted by Crippen LogP contribution is 2.27. The van der Waals surface area contributed by atoms with Crippen LogP contribution >= 0.6 is 23.2 Å². The molecule has 0 spiro atoms. The Morgan fingerprint density at radius 2 is 1.71 bits per heavy atom. The number of carbonyl (C=O) groups excluding carboxylic acids is 2. The summed E-state index contributed by atoms with van der Waals surface area (Å²) in [6, 6.07) is 10.9. The van der Waals surface area contributed by atoms with Crippen molar-refractivity contribution >= 4 is 50.7 Å². The third-order valence-electron chi connectivity index (χ3n) is 5.53.